The minimum absolute atomic E-state index is 0.111. The van der Waals surface area contributed by atoms with Crippen molar-refractivity contribution in [2.75, 3.05) is 12.3 Å². The van der Waals surface area contributed by atoms with Gasteiger partial charge in [-0.15, -0.1) is 0 Å². The van der Waals surface area contributed by atoms with Crippen molar-refractivity contribution in [1.29, 1.82) is 0 Å². The van der Waals surface area contributed by atoms with Gasteiger partial charge in [0.15, 0.2) is 5.76 Å². The first-order valence-electron chi connectivity index (χ1n) is 4.48. The van der Waals surface area contributed by atoms with Gasteiger partial charge in [0.05, 0.1) is 12.9 Å². The van der Waals surface area contributed by atoms with Gasteiger partial charge >= 0.3 is 6.01 Å². The lowest BCUT2D eigenvalue weighted by Crippen LogP contribution is -2.04. The highest BCUT2D eigenvalue weighted by Crippen LogP contribution is 2.17. The van der Waals surface area contributed by atoms with Crippen molar-refractivity contribution in [1.82, 2.24) is 15.0 Å². The molecular weight excluding hydrogens is 196 g/mol. The fraction of sp³-hybridized carbons (Fsp3) is 0.222. The Balaban J connectivity index is 2.40. The second-order valence-electron chi connectivity index (χ2n) is 2.71. The molecule has 2 heterocycles. The zero-order valence-corrected chi connectivity index (χ0v) is 8.17. The van der Waals surface area contributed by atoms with Crippen LogP contribution in [0.4, 0.5) is 5.95 Å². The summed E-state index contributed by atoms with van der Waals surface area (Å²) in [6, 6.07) is 3.69. The van der Waals surface area contributed by atoms with Crippen LogP contribution in [0.1, 0.15) is 6.92 Å². The summed E-state index contributed by atoms with van der Waals surface area (Å²) in [5.41, 5.74) is 5.51. The van der Waals surface area contributed by atoms with Crippen LogP contribution < -0.4 is 10.5 Å². The summed E-state index contributed by atoms with van der Waals surface area (Å²) in [4.78, 5) is 11.8. The maximum Gasteiger partial charge on any atom is 0.321 e. The first-order chi connectivity index (χ1) is 7.29. The maximum atomic E-state index is 5.51. The van der Waals surface area contributed by atoms with Crippen molar-refractivity contribution < 1.29 is 9.15 Å². The molecule has 0 fully saturated rings. The van der Waals surface area contributed by atoms with Crippen LogP contribution in [0.2, 0.25) is 0 Å². The standard InChI is InChI=1S/C9H10N4O2/c1-2-14-9-12-7(11-8(10)13-9)6-4-3-5-15-6/h3-5H,2H2,1H3,(H2,10,11,12,13). The molecule has 2 aromatic heterocycles. The number of aromatic nitrogens is 3. The Morgan fingerprint density at radius 3 is 2.93 bits per heavy atom. The van der Waals surface area contributed by atoms with Crippen molar-refractivity contribution in [2.24, 2.45) is 0 Å². The van der Waals surface area contributed by atoms with Gasteiger partial charge in [0.2, 0.25) is 11.8 Å². The van der Waals surface area contributed by atoms with Crippen molar-refractivity contribution in [3.63, 3.8) is 0 Å². The van der Waals surface area contributed by atoms with Crippen molar-refractivity contribution >= 4 is 5.95 Å². The highest BCUT2D eigenvalue weighted by molar-refractivity contribution is 5.48. The molecular formula is C9H10N4O2. The first-order valence-corrected chi connectivity index (χ1v) is 4.48. The van der Waals surface area contributed by atoms with Gasteiger partial charge in [-0.25, -0.2) is 0 Å². The van der Waals surface area contributed by atoms with Crippen molar-refractivity contribution in [2.45, 2.75) is 6.92 Å². The van der Waals surface area contributed by atoms with E-state index >= 15 is 0 Å². The molecule has 2 aromatic rings. The summed E-state index contributed by atoms with van der Waals surface area (Å²) < 4.78 is 10.3. The Hall–Kier alpha value is -2.11. The Morgan fingerprint density at radius 1 is 1.40 bits per heavy atom. The van der Waals surface area contributed by atoms with Gasteiger partial charge in [-0.3, -0.25) is 0 Å². The third-order valence-electron chi connectivity index (χ3n) is 1.65. The fourth-order valence-corrected chi connectivity index (χ4v) is 1.08. The number of hydrogen-bond acceptors (Lipinski definition) is 6. The van der Waals surface area contributed by atoms with Crippen LogP contribution in [0.25, 0.3) is 11.6 Å². The molecule has 6 nitrogen and oxygen atoms in total. The summed E-state index contributed by atoms with van der Waals surface area (Å²) in [6.07, 6.45) is 1.54. The van der Waals surface area contributed by atoms with Gasteiger partial charge in [-0.1, -0.05) is 0 Å². The number of nitrogen functional groups attached to an aromatic ring is 1. The highest BCUT2D eigenvalue weighted by atomic mass is 16.5. The lowest BCUT2D eigenvalue weighted by atomic mass is 10.4. The quantitative estimate of drug-likeness (QED) is 0.809. The molecule has 0 amide bonds. The Bertz CT molecular complexity index is 441. The molecule has 78 valence electrons. The first kappa shape index (κ1) is 9.45. The third-order valence-corrected chi connectivity index (χ3v) is 1.65. The van der Waals surface area contributed by atoms with Gasteiger partial charge in [0.1, 0.15) is 0 Å². The van der Waals surface area contributed by atoms with Crippen LogP contribution in [0.15, 0.2) is 22.8 Å². The largest absolute Gasteiger partial charge is 0.464 e. The number of hydrogen-bond donors (Lipinski definition) is 1. The number of furan rings is 1. The van der Waals surface area contributed by atoms with E-state index in [9.17, 15) is 0 Å². The number of ether oxygens (including phenoxy) is 1. The summed E-state index contributed by atoms with van der Waals surface area (Å²) in [7, 11) is 0. The SMILES string of the molecule is CCOc1nc(N)nc(-c2ccco2)n1. The van der Waals surface area contributed by atoms with E-state index in [0.717, 1.165) is 0 Å². The molecule has 2 rings (SSSR count). The van der Waals surface area contributed by atoms with Crippen LogP contribution in [-0.4, -0.2) is 21.6 Å². The Kier molecular flexibility index (Phi) is 2.49. The van der Waals surface area contributed by atoms with E-state index < -0.39 is 0 Å². The molecule has 0 saturated carbocycles. The molecule has 0 aromatic carbocycles. The maximum absolute atomic E-state index is 5.51. The molecule has 0 aliphatic carbocycles. The number of nitrogens with zero attached hydrogens (tertiary/aromatic N) is 3. The normalized spacial score (nSPS) is 10.2. The van der Waals surface area contributed by atoms with E-state index in [1.807, 2.05) is 6.92 Å². The van der Waals surface area contributed by atoms with E-state index in [2.05, 4.69) is 15.0 Å². The van der Waals surface area contributed by atoms with E-state index in [4.69, 9.17) is 14.9 Å². The summed E-state index contributed by atoms with van der Waals surface area (Å²) in [5, 5.41) is 0. The Morgan fingerprint density at radius 2 is 2.27 bits per heavy atom. The second-order valence-corrected chi connectivity index (χ2v) is 2.71. The van der Waals surface area contributed by atoms with Crippen LogP contribution in [0.3, 0.4) is 0 Å². The van der Waals surface area contributed by atoms with E-state index in [-0.39, 0.29) is 12.0 Å². The van der Waals surface area contributed by atoms with Crippen LogP contribution >= 0.6 is 0 Å². The molecule has 0 spiro atoms. The number of nitrogens with two attached hydrogens (primary N) is 1. The minimum Gasteiger partial charge on any atom is -0.464 e. The average Bonchev–Trinajstić information content (AvgIpc) is 2.70. The summed E-state index contributed by atoms with van der Waals surface area (Å²) in [5.74, 6) is 1.01. The topological polar surface area (TPSA) is 87.1 Å². The molecule has 2 N–H and O–H groups in total. The van der Waals surface area contributed by atoms with Gasteiger partial charge in [-0.2, -0.15) is 15.0 Å². The van der Waals surface area contributed by atoms with Gasteiger partial charge in [0, 0.05) is 0 Å². The highest BCUT2D eigenvalue weighted by Gasteiger charge is 2.09. The van der Waals surface area contributed by atoms with Gasteiger partial charge < -0.3 is 14.9 Å². The van der Waals surface area contributed by atoms with Crippen LogP contribution in [0.5, 0.6) is 6.01 Å². The summed E-state index contributed by atoms with van der Waals surface area (Å²) in [6.45, 7) is 2.31. The smallest absolute Gasteiger partial charge is 0.321 e. The van der Waals surface area contributed by atoms with E-state index in [1.54, 1.807) is 12.1 Å². The average molecular weight is 206 g/mol. The predicted molar refractivity (Wildman–Crippen MR) is 53.1 cm³/mol. The molecule has 0 atom stereocenters. The van der Waals surface area contributed by atoms with E-state index in [0.29, 0.717) is 18.2 Å². The molecule has 0 radical (unpaired) electrons. The molecule has 15 heavy (non-hydrogen) atoms. The van der Waals surface area contributed by atoms with Gasteiger partial charge in [-0.05, 0) is 19.1 Å². The summed E-state index contributed by atoms with van der Waals surface area (Å²) >= 11 is 0. The third kappa shape index (κ3) is 2.04. The zero-order valence-electron chi connectivity index (χ0n) is 8.17. The molecule has 0 aliphatic rings. The molecule has 0 unspecified atom stereocenters. The fourth-order valence-electron chi connectivity index (χ4n) is 1.08. The minimum atomic E-state index is 0.111. The second kappa shape index (κ2) is 3.95. The molecule has 0 bridgehead atoms. The van der Waals surface area contributed by atoms with Crippen molar-refractivity contribution in [3.8, 4) is 17.6 Å². The van der Waals surface area contributed by atoms with Crippen molar-refractivity contribution in [3.05, 3.63) is 18.4 Å². The van der Waals surface area contributed by atoms with Gasteiger partial charge in [0.25, 0.3) is 0 Å². The number of anilines is 1. The number of rotatable bonds is 3. The monoisotopic (exact) mass is 206 g/mol. The van der Waals surface area contributed by atoms with E-state index in [1.165, 1.54) is 6.26 Å². The zero-order chi connectivity index (χ0) is 10.7. The lowest BCUT2D eigenvalue weighted by molar-refractivity contribution is 0.312. The molecule has 6 heteroatoms. The van der Waals surface area contributed by atoms with Crippen LogP contribution in [-0.2, 0) is 0 Å². The predicted octanol–water partition coefficient (Wildman–Crippen LogP) is 1.11. The van der Waals surface area contributed by atoms with Crippen LogP contribution in [0, 0.1) is 0 Å². The lowest BCUT2D eigenvalue weighted by Gasteiger charge is -2.02. The Labute approximate surface area is 86.1 Å². The molecule has 0 aliphatic heterocycles. The molecule has 0 saturated heterocycles.